The van der Waals surface area contributed by atoms with Gasteiger partial charge in [0.2, 0.25) is 5.91 Å². The standard InChI is InChI=1S/C16H19N3O3/c1-9-15-11(8-14(20)17-16(15)19(2)18-9)10-5-6-12(21-3)13(7-10)22-4/h5-7,11H,8H2,1-4H3,(H,17,20)/t11-/m1/s1. The number of hydrogen-bond donors (Lipinski definition) is 1. The number of aromatic nitrogens is 2. The number of nitrogens with zero attached hydrogens (tertiary/aromatic N) is 2. The van der Waals surface area contributed by atoms with Crippen molar-refractivity contribution in [3.05, 3.63) is 35.0 Å². The third-order valence-corrected chi connectivity index (χ3v) is 4.07. The van der Waals surface area contributed by atoms with E-state index in [9.17, 15) is 4.79 Å². The SMILES string of the molecule is COc1ccc([C@H]2CC(=O)Nc3c2c(C)nn3C)cc1OC. The van der Waals surface area contributed by atoms with Crippen LogP contribution in [0.1, 0.15) is 29.2 Å². The number of aryl methyl sites for hydroxylation is 2. The fourth-order valence-electron chi connectivity index (χ4n) is 3.06. The predicted molar refractivity (Wildman–Crippen MR) is 82.6 cm³/mol. The topological polar surface area (TPSA) is 65.4 Å². The Balaban J connectivity index is 2.11. The summed E-state index contributed by atoms with van der Waals surface area (Å²) in [5, 5.41) is 7.33. The molecule has 1 aliphatic heterocycles. The summed E-state index contributed by atoms with van der Waals surface area (Å²) in [6, 6.07) is 5.77. The van der Waals surface area contributed by atoms with Crippen molar-refractivity contribution in [2.75, 3.05) is 19.5 Å². The molecule has 0 spiro atoms. The second-order valence-corrected chi connectivity index (χ2v) is 5.39. The summed E-state index contributed by atoms with van der Waals surface area (Å²) in [5.41, 5.74) is 3.01. The Hall–Kier alpha value is -2.50. The number of ether oxygens (including phenoxy) is 2. The number of hydrogen-bond acceptors (Lipinski definition) is 4. The molecule has 1 aromatic carbocycles. The van der Waals surface area contributed by atoms with Crippen LogP contribution in [0.4, 0.5) is 5.82 Å². The number of carbonyl (C=O) groups excluding carboxylic acids is 1. The average molecular weight is 301 g/mol. The van der Waals surface area contributed by atoms with Gasteiger partial charge in [0, 0.05) is 24.9 Å². The van der Waals surface area contributed by atoms with Crippen LogP contribution in [0.15, 0.2) is 18.2 Å². The molecule has 1 aromatic heterocycles. The maximum absolute atomic E-state index is 12.0. The Bertz CT molecular complexity index is 736. The molecule has 0 bridgehead atoms. The highest BCUT2D eigenvalue weighted by Gasteiger charge is 2.31. The van der Waals surface area contributed by atoms with Gasteiger partial charge in [0.05, 0.1) is 19.9 Å². The summed E-state index contributed by atoms with van der Waals surface area (Å²) in [5.74, 6) is 2.07. The Morgan fingerprint density at radius 2 is 2.00 bits per heavy atom. The van der Waals surface area contributed by atoms with Crippen LogP contribution in [0.2, 0.25) is 0 Å². The van der Waals surface area contributed by atoms with Crippen LogP contribution in [0.3, 0.4) is 0 Å². The van der Waals surface area contributed by atoms with E-state index in [1.165, 1.54) is 0 Å². The van der Waals surface area contributed by atoms with E-state index >= 15 is 0 Å². The molecule has 0 saturated heterocycles. The van der Waals surface area contributed by atoms with Crippen molar-refractivity contribution in [1.82, 2.24) is 9.78 Å². The van der Waals surface area contributed by atoms with E-state index in [4.69, 9.17) is 9.47 Å². The van der Waals surface area contributed by atoms with Crippen LogP contribution < -0.4 is 14.8 Å². The van der Waals surface area contributed by atoms with E-state index in [0.717, 1.165) is 22.6 Å². The minimum Gasteiger partial charge on any atom is -0.493 e. The maximum Gasteiger partial charge on any atom is 0.226 e. The van der Waals surface area contributed by atoms with E-state index in [1.54, 1.807) is 18.9 Å². The van der Waals surface area contributed by atoms with Gasteiger partial charge in [0.15, 0.2) is 11.5 Å². The van der Waals surface area contributed by atoms with Gasteiger partial charge in [-0.05, 0) is 24.6 Å². The number of fused-ring (bicyclic) bond motifs is 1. The van der Waals surface area contributed by atoms with Crippen LogP contribution in [-0.2, 0) is 11.8 Å². The lowest BCUT2D eigenvalue weighted by Crippen LogP contribution is -2.24. The van der Waals surface area contributed by atoms with Gasteiger partial charge in [-0.15, -0.1) is 0 Å². The summed E-state index contributed by atoms with van der Waals surface area (Å²) in [7, 11) is 5.05. The van der Waals surface area contributed by atoms with Crippen LogP contribution >= 0.6 is 0 Å². The Kier molecular flexibility index (Phi) is 3.52. The summed E-state index contributed by atoms with van der Waals surface area (Å²) in [6.45, 7) is 1.96. The molecule has 2 aromatic rings. The molecule has 0 unspecified atom stereocenters. The second-order valence-electron chi connectivity index (χ2n) is 5.39. The molecule has 2 heterocycles. The molecule has 116 valence electrons. The van der Waals surface area contributed by atoms with E-state index < -0.39 is 0 Å². The molecule has 0 saturated carbocycles. The number of methoxy groups -OCH3 is 2. The van der Waals surface area contributed by atoms with Crippen molar-refractivity contribution in [2.24, 2.45) is 7.05 Å². The molecular weight excluding hydrogens is 282 g/mol. The van der Waals surface area contributed by atoms with Crippen LogP contribution in [0, 0.1) is 6.92 Å². The number of amides is 1. The number of benzene rings is 1. The molecule has 22 heavy (non-hydrogen) atoms. The maximum atomic E-state index is 12.0. The van der Waals surface area contributed by atoms with Crippen molar-refractivity contribution in [2.45, 2.75) is 19.3 Å². The van der Waals surface area contributed by atoms with Gasteiger partial charge < -0.3 is 14.8 Å². The van der Waals surface area contributed by atoms with Crippen molar-refractivity contribution in [3.8, 4) is 11.5 Å². The van der Waals surface area contributed by atoms with Gasteiger partial charge in [-0.2, -0.15) is 5.10 Å². The predicted octanol–water partition coefficient (Wildman–Crippen LogP) is 2.22. The first-order chi connectivity index (χ1) is 10.5. The van der Waals surface area contributed by atoms with Gasteiger partial charge in [-0.1, -0.05) is 6.07 Å². The monoisotopic (exact) mass is 301 g/mol. The first kappa shape index (κ1) is 14.4. The molecule has 1 aliphatic rings. The summed E-state index contributed by atoms with van der Waals surface area (Å²) < 4.78 is 12.4. The summed E-state index contributed by atoms with van der Waals surface area (Å²) in [4.78, 5) is 12.0. The van der Waals surface area contributed by atoms with E-state index in [1.807, 2.05) is 32.2 Å². The molecule has 0 fully saturated rings. The lowest BCUT2D eigenvalue weighted by molar-refractivity contribution is -0.116. The number of nitrogens with one attached hydrogen (secondary N) is 1. The minimum atomic E-state index is -0.0303. The third-order valence-electron chi connectivity index (χ3n) is 4.07. The Labute approximate surface area is 129 Å². The van der Waals surface area contributed by atoms with Crippen molar-refractivity contribution in [3.63, 3.8) is 0 Å². The smallest absolute Gasteiger partial charge is 0.226 e. The molecule has 0 radical (unpaired) electrons. The molecule has 6 nitrogen and oxygen atoms in total. The van der Waals surface area contributed by atoms with E-state index in [2.05, 4.69) is 10.4 Å². The summed E-state index contributed by atoms with van der Waals surface area (Å²) >= 11 is 0. The van der Waals surface area contributed by atoms with Gasteiger partial charge in [-0.25, -0.2) is 0 Å². The van der Waals surface area contributed by atoms with Crippen LogP contribution in [-0.4, -0.2) is 29.9 Å². The zero-order chi connectivity index (χ0) is 15.9. The fourth-order valence-corrected chi connectivity index (χ4v) is 3.06. The molecule has 1 amide bonds. The van der Waals surface area contributed by atoms with Crippen molar-refractivity contribution in [1.29, 1.82) is 0 Å². The van der Waals surface area contributed by atoms with E-state index in [0.29, 0.717) is 17.9 Å². The number of rotatable bonds is 3. The molecule has 6 heteroatoms. The van der Waals surface area contributed by atoms with Crippen molar-refractivity contribution < 1.29 is 14.3 Å². The van der Waals surface area contributed by atoms with Crippen LogP contribution in [0.5, 0.6) is 11.5 Å². The molecule has 1 N–H and O–H groups in total. The van der Waals surface area contributed by atoms with Gasteiger partial charge >= 0.3 is 0 Å². The highest BCUT2D eigenvalue weighted by atomic mass is 16.5. The average Bonchev–Trinajstić information content (AvgIpc) is 2.80. The van der Waals surface area contributed by atoms with E-state index in [-0.39, 0.29) is 11.8 Å². The largest absolute Gasteiger partial charge is 0.493 e. The molecule has 1 atom stereocenters. The first-order valence-electron chi connectivity index (χ1n) is 7.10. The summed E-state index contributed by atoms with van der Waals surface area (Å²) in [6.07, 6.45) is 0.398. The number of anilines is 1. The molecule has 0 aliphatic carbocycles. The normalized spacial score (nSPS) is 16.9. The Morgan fingerprint density at radius 1 is 1.27 bits per heavy atom. The van der Waals surface area contributed by atoms with Gasteiger partial charge in [-0.3, -0.25) is 9.48 Å². The quantitative estimate of drug-likeness (QED) is 0.944. The molecule has 3 rings (SSSR count). The van der Waals surface area contributed by atoms with Crippen molar-refractivity contribution >= 4 is 11.7 Å². The molecular formula is C16H19N3O3. The van der Waals surface area contributed by atoms with Gasteiger partial charge in [0.1, 0.15) is 5.82 Å². The first-order valence-corrected chi connectivity index (χ1v) is 7.10. The van der Waals surface area contributed by atoms with Gasteiger partial charge in [0.25, 0.3) is 0 Å². The lowest BCUT2D eigenvalue weighted by atomic mass is 9.85. The Morgan fingerprint density at radius 3 is 2.68 bits per heavy atom. The minimum absolute atomic E-state index is 0.00437. The van der Waals surface area contributed by atoms with Crippen LogP contribution in [0.25, 0.3) is 0 Å². The highest BCUT2D eigenvalue weighted by molar-refractivity contribution is 5.94. The zero-order valence-corrected chi connectivity index (χ0v) is 13.1. The fraction of sp³-hybridized carbons (Fsp3) is 0.375. The third kappa shape index (κ3) is 2.20. The lowest BCUT2D eigenvalue weighted by Gasteiger charge is -2.24. The highest BCUT2D eigenvalue weighted by Crippen LogP contribution is 2.41. The number of carbonyl (C=O) groups is 1. The zero-order valence-electron chi connectivity index (χ0n) is 13.1. The second kappa shape index (κ2) is 5.36.